The highest BCUT2D eigenvalue weighted by Crippen LogP contribution is 2.50. The standard InChI is InChI=1S/C26H29NO5/c1-15-6-8-17(9-7-15)27-19-13-26(2,3)14-20(28)24(19)18(12-23(27)29)16-10-21(31-4)25(30)22(11-16)32-5/h6-11,18,30H,12-14H2,1-5H3. The molecule has 32 heavy (non-hydrogen) atoms. The van der Waals surface area contributed by atoms with Crippen LogP contribution in [0.2, 0.25) is 0 Å². The molecule has 168 valence electrons. The second-order valence-corrected chi connectivity index (χ2v) is 9.40. The molecule has 0 bridgehead atoms. The maximum atomic E-state index is 13.5. The van der Waals surface area contributed by atoms with E-state index in [9.17, 15) is 14.7 Å². The Balaban J connectivity index is 1.91. The number of rotatable bonds is 4. The normalized spacial score (nSPS) is 20.3. The first kappa shape index (κ1) is 21.9. The number of aromatic hydroxyl groups is 1. The van der Waals surface area contributed by atoms with Crippen LogP contribution >= 0.6 is 0 Å². The van der Waals surface area contributed by atoms with Gasteiger partial charge in [-0.2, -0.15) is 0 Å². The lowest BCUT2D eigenvalue weighted by Crippen LogP contribution is -2.43. The summed E-state index contributed by atoms with van der Waals surface area (Å²) in [4.78, 5) is 28.6. The number of hydrogen-bond donors (Lipinski definition) is 1. The van der Waals surface area contributed by atoms with Crippen LogP contribution in [-0.2, 0) is 9.59 Å². The van der Waals surface area contributed by atoms with E-state index in [1.165, 1.54) is 14.2 Å². The van der Waals surface area contributed by atoms with E-state index >= 15 is 0 Å². The van der Waals surface area contributed by atoms with Gasteiger partial charge in [-0.05, 0) is 48.6 Å². The van der Waals surface area contributed by atoms with Crippen molar-refractivity contribution in [3.8, 4) is 17.2 Å². The van der Waals surface area contributed by atoms with E-state index in [-0.39, 0.29) is 40.8 Å². The van der Waals surface area contributed by atoms with Gasteiger partial charge in [-0.25, -0.2) is 0 Å². The van der Waals surface area contributed by atoms with Crippen LogP contribution in [0, 0.1) is 12.3 Å². The maximum Gasteiger partial charge on any atom is 0.232 e. The fourth-order valence-corrected chi connectivity index (χ4v) is 4.81. The van der Waals surface area contributed by atoms with E-state index in [0.717, 1.165) is 16.9 Å². The van der Waals surface area contributed by atoms with E-state index in [1.807, 2.05) is 31.2 Å². The van der Waals surface area contributed by atoms with E-state index in [4.69, 9.17) is 9.47 Å². The number of hydrogen-bond acceptors (Lipinski definition) is 5. The summed E-state index contributed by atoms with van der Waals surface area (Å²) in [6.07, 6.45) is 1.19. The number of methoxy groups -OCH3 is 2. The van der Waals surface area contributed by atoms with Gasteiger partial charge in [-0.1, -0.05) is 31.5 Å². The van der Waals surface area contributed by atoms with Gasteiger partial charge in [0.15, 0.2) is 17.3 Å². The number of carbonyl (C=O) groups is 2. The zero-order chi connectivity index (χ0) is 23.2. The molecule has 1 amide bonds. The van der Waals surface area contributed by atoms with Crippen molar-refractivity contribution >= 4 is 17.4 Å². The second-order valence-electron chi connectivity index (χ2n) is 9.40. The van der Waals surface area contributed by atoms with Crippen molar-refractivity contribution in [2.45, 2.75) is 46.0 Å². The minimum absolute atomic E-state index is 0.0527. The molecule has 0 spiro atoms. The SMILES string of the molecule is COc1cc(C2CC(=O)N(c3ccc(C)cc3)C3=C2C(=O)CC(C)(C)C3)cc(OC)c1O. The summed E-state index contributed by atoms with van der Waals surface area (Å²) in [5, 5.41) is 10.3. The van der Waals surface area contributed by atoms with Gasteiger partial charge in [0.2, 0.25) is 11.7 Å². The zero-order valence-electron chi connectivity index (χ0n) is 19.2. The average Bonchev–Trinajstić information content (AvgIpc) is 2.73. The van der Waals surface area contributed by atoms with Crippen molar-refractivity contribution in [2.75, 3.05) is 19.1 Å². The first-order valence-corrected chi connectivity index (χ1v) is 10.8. The highest BCUT2D eigenvalue weighted by Gasteiger charge is 2.44. The number of benzene rings is 2. The van der Waals surface area contributed by atoms with Crippen LogP contribution in [0.1, 0.15) is 50.2 Å². The van der Waals surface area contributed by atoms with Crippen molar-refractivity contribution in [1.82, 2.24) is 0 Å². The summed E-state index contributed by atoms with van der Waals surface area (Å²) in [6.45, 7) is 6.12. The fraction of sp³-hybridized carbons (Fsp3) is 0.385. The predicted octanol–water partition coefficient (Wildman–Crippen LogP) is 4.88. The van der Waals surface area contributed by atoms with Crippen molar-refractivity contribution in [3.05, 3.63) is 58.8 Å². The van der Waals surface area contributed by atoms with Gasteiger partial charge in [0.25, 0.3) is 0 Å². The molecular weight excluding hydrogens is 406 g/mol. The monoisotopic (exact) mass is 435 g/mol. The molecule has 6 heteroatoms. The smallest absolute Gasteiger partial charge is 0.232 e. The molecule has 0 aromatic heterocycles. The third-order valence-corrected chi connectivity index (χ3v) is 6.34. The molecule has 1 N–H and O–H groups in total. The minimum atomic E-state index is -0.425. The molecule has 1 unspecified atom stereocenters. The molecule has 0 fully saturated rings. The third kappa shape index (κ3) is 3.74. The highest BCUT2D eigenvalue weighted by molar-refractivity contribution is 6.07. The summed E-state index contributed by atoms with van der Waals surface area (Å²) in [6, 6.07) is 11.2. The molecular formula is C26H29NO5. The predicted molar refractivity (Wildman–Crippen MR) is 122 cm³/mol. The zero-order valence-corrected chi connectivity index (χ0v) is 19.2. The molecule has 2 aromatic rings. The first-order valence-electron chi connectivity index (χ1n) is 10.8. The van der Waals surface area contributed by atoms with Crippen LogP contribution in [0.3, 0.4) is 0 Å². The summed E-state index contributed by atoms with van der Waals surface area (Å²) in [7, 11) is 2.92. The Labute approximate surface area is 188 Å². The molecule has 0 radical (unpaired) electrons. The van der Waals surface area contributed by atoms with Gasteiger partial charge in [-0.3, -0.25) is 14.5 Å². The Kier molecular flexibility index (Phi) is 5.49. The van der Waals surface area contributed by atoms with Gasteiger partial charge in [-0.15, -0.1) is 0 Å². The topological polar surface area (TPSA) is 76.1 Å². The van der Waals surface area contributed by atoms with Crippen LogP contribution in [0.4, 0.5) is 5.69 Å². The van der Waals surface area contributed by atoms with E-state index in [0.29, 0.717) is 24.0 Å². The molecule has 0 saturated carbocycles. The Morgan fingerprint density at radius 1 is 1.00 bits per heavy atom. The van der Waals surface area contributed by atoms with Gasteiger partial charge in [0.05, 0.1) is 14.2 Å². The number of allylic oxidation sites excluding steroid dienone is 2. The summed E-state index contributed by atoms with van der Waals surface area (Å²) >= 11 is 0. The molecule has 2 aromatic carbocycles. The number of Topliss-reactive ketones (excluding diaryl/α,β-unsaturated/α-hetero) is 1. The van der Waals surface area contributed by atoms with E-state index in [2.05, 4.69) is 13.8 Å². The Morgan fingerprint density at radius 2 is 1.59 bits per heavy atom. The largest absolute Gasteiger partial charge is 0.502 e. The van der Waals surface area contributed by atoms with Crippen molar-refractivity contribution in [2.24, 2.45) is 5.41 Å². The lowest BCUT2D eigenvalue weighted by atomic mass is 9.69. The Morgan fingerprint density at radius 3 is 2.16 bits per heavy atom. The van der Waals surface area contributed by atoms with Crippen LogP contribution < -0.4 is 14.4 Å². The number of amides is 1. The van der Waals surface area contributed by atoms with Crippen LogP contribution in [-0.4, -0.2) is 31.0 Å². The number of nitrogens with zero attached hydrogens (tertiary/aromatic N) is 1. The lowest BCUT2D eigenvalue weighted by Gasteiger charge is -2.43. The molecule has 1 aliphatic carbocycles. The van der Waals surface area contributed by atoms with E-state index < -0.39 is 5.92 Å². The number of ketones is 1. The van der Waals surface area contributed by atoms with Crippen LogP contribution in [0.25, 0.3) is 0 Å². The molecule has 0 saturated heterocycles. The number of anilines is 1. The molecule has 1 atom stereocenters. The average molecular weight is 436 g/mol. The number of ether oxygens (including phenoxy) is 2. The molecule has 1 heterocycles. The van der Waals surface area contributed by atoms with Gasteiger partial charge in [0.1, 0.15) is 0 Å². The van der Waals surface area contributed by atoms with Crippen molar-refractivity contribution in [3.63, 3.8) is 0 Å². The summed E-state index contributed by atoms with van der Waals surface area (Å²) < 4.78 is 10.6. The van der Waals surface area contributed by atoms with Crippen molar-refractivity contribution in [1.29, 1.82) is 0 Å². The quantitative estimate of drug-likeness (QED) is 0.741. The molecule has 4 rings (SSSR count). The highest BCUT2D eigenvalue weighted by atomic mass is 16.5. The van der Waals surface area contributed by atoms with Crippen LogP contribution in [0.5, 0.6) is 17.2 Å². The van der Waals surface area contributed by atoms with Gasteiger partial charge < -0.3 is 14.6 Å². The van der Waals surface area contributed by atoms with Crippen molar-refractivity contribution < 1.29 is 24.2 Å². The lowest BCUT2D eigenvalue weighted by molar-refractivity contribution is -0.121. The third-order valence-electron chi connectivity index (χ3n) is 6.34. The minimum Gasteiger partial charge on any atom is -0.502 e. The Bertz CT molecular complexity index is 1090. The number of phenols is 1. The second kappa shape index (κ2) is 8.01. The maximum absolute atomic E-state index is 13.5. The molecule has 2 aliphatic rings. The van der Waals surface area contributed by atoms with Gasteiger partial charge in [0, 0.05) is 35.7 Å². The molecule has 1 aliphatic heterocycles. The summed E-state index contributed by atoms with van der Waals surface area (Å²) in [5.41, 5.74) is 3.79. The number of aryl methyl sites for hydroxylation is 1. The number of carbonyl (C=O) groups excluding carboxylic acids is 2. The number of phenolic OH excluding ortho intramolecular Hbond substituents is 1. The van der Waals surface area contributed by atoms with E-state index in [1.54, 1.807) is 17.0 Å². The first-order chi connectivity index (χ1) is 15.1. The van der Waals surface area contributed by atoms with Gasteiger partial charge >= 0.3 is 0 Å². The fourth-order valence-electron chi connectivity index (χ4n) is 4.81. The molecule has 6 nitrogen and oxygen atoms in total. The Hall–Kier alpha value is -3.28. The van der Waals surface area contributed by atoms with Crippen LogP contribution in [0.15, 0.2) is 47.7 Å². The summed E-state index contributed by atoms with van der Waals surface area (Å²) in [5.74, 6) is -0.0401.